The maximum Gasteiger partial charge on any atom is 0.220 e. The van der Waals surface area contributed by atoms with Crippen molar-refractivity contribution in [3.8, 4) is 5.75 Å². The molecule has 0 unspecified atom stereocenters. The number of carbonyl (C=O) groups is 1. The standard InChI is InChI=1S/C16H26N2O2S/c1-4-16(17,5-2)12-18-15(19)10-11-21-14-8-6-13(20-3)7-9-14/h6-9H,4-5,10-12,17H2,1-3H3,(H,18,19). The van der Waals surface area contributed by atoms with Gasteiger partial charge in [0.1, 0.15) is 5.75 Å². The van der Waals surface area contributed by atoms with E-state index in [1.807, 2.05) is 24.3 Å². The molecule has 0 atom stereocenters. The van der Waals surface area contributed by atoms with Crippen LogP contribution in [0, 0.1) is 0 Å². The highest BCUT2D eigenvalue weighted by atomic mass is 32.2. The molecule has 0 saturated carbocycles. The second-order valence-corrected chi connectivity index (χ2v) is 6.29. The topological polar surface area (TPSA) is 64.3 Å². The summed E-state index contributed by atoms with van der Waals surface area (Å²) in [6.45, 7) is 4.65. The van der Waals surface area contributed by atoms with Crippen molar-refractivity contribution >= 4 is 17.7 Å². The SMILES string of the molecule is CCC(N)(CC)CNC(=O)CCSc1ccc(OC)cc1. The van der Waals surface area contributed by atoms with Crippen molar-refractivity contribution < 1.29 is 9.53 Å². The molecule has 0 heterocycles. The van der Waals surface area contributed by atoms with Crippen LogP contribution < -0.4 is 15.8 Å². The van der Waals surface area contributed by atoms with Gasteiger partial charge in [-0.3, -0.25) is 4.79 Å². The third-order valence-corrected chi connectivity index (χ3v) is 4.72. The molecular weight excluding hydrogens is 284 g/mol. The maximum absolute atomic E-state index is 11.8. The van der Waals surface area contributed by atoms with Gasteiger partial charge < -0.3 is 15.8 Å². The van der Waals surface area contributed by atoms with E-state index in [2.05, 4.69) is 19.2 Å². The van der Waals surface area contributed by atoms with E-state index in [-0.39, 0.29) is 11.4 Å². The van der Waals surface area contributed by atoms with Crippen molar-refractivity contribution in [1.82, 2.24) is 5.32 Å². The number of rotatable bonds is 9. The Hall–Kier alpha value is -1.20. The molecule has 0 spiro atoms. The molecule has 0 fully saturated rings. The molecule has 0 radical (unpaired) electrons. The molecule has 118 valence electrons. The van der Waals surface area contributed by atoms with Crippen LogP contribution in [0.2, 0.25) is 0 Å². The number of carbonyl (C=O) groups excluding carboxylic acids is 1. The minimum Gasteiger partial charge on any atom is -0.497 e. The van der Waals surface area contributed by atoms with Gasteiger partial charge in [0.15, 0.2) is 0 Å². The second-order valence-electron chi connectivity index (χ2n) is 5.12. The second kappa shape index (κ2) is 8.95. The van der Waals surface area contributed by atoms with E-state index >= 15 is 0 Å². The van der Waals surface area contributed by atoms with Crippen molar-refractivity contribution in [1.29, 1.82) is 0 Å². The molecule has 0 aromatic heterocycles. The highest BCUT2D eigenvalue weighted by molar-refractivity contribution is 7.99. The Morgan fingerprint density at radius 2 is 1.90 bits per heavy atom. The van der Waals surface area contributed by atoms with Crippen LogP contribution in [0.4, 0.5) is 0 Å². The van der Waals surface area contributed by atoms with E-state index in [1.165, 1.54) is 0 Å². The van der Waals surface area contributed by atoms with Gasteiger partial charge in [-0.1, -0.05) is 13.8 Å². The lowest BCUT2D eigenvalue weighted by molar-refractivity contribution is -0.120. The monoisotopic (exact) mass is 310 g/mol. The van der Waals surface area contributed by atoms with Crippen molar-refractivity contribution in [2.75, 3.05) is 19.4 Å². The van der Waals surface area contributed by atoms with E-state index in [1.54, 1.807) is 18.9 Å². The predicted octanol–water partition coefficient (Wildman–Crippen LogP) is 2.81. The van der Waals surface area contributed by atoms with Gasteiger partial charge >= 0.3 is 0 Å². The zero-order valence-electron chi connectivity index (χ0n) is 13.1. The summed E-state index contributed by atoms with van der Waals surface area (Å²) in [6.07, 6.45) is 2.23. The van der Waals surface area contributed by atoms with E-state index < -0.39 is 0 Å². The Morgan fingerprint density at radius 3 is 2.43 bits per heavy atom. The summed E-state index contributed by atoms with van der Waals surface area (Å²) in [4.78, 5) is 13.0. The van der Waals surface area contributed by atoms with Gasteiger partial charge in [-0.15, -0.1) is 11.8 Å². The number of hydrogen-bond donors (Lipinski definition) is 2. The molecule has 3 N–H and O–H groups in total. The van der Waals surface area contributed by atoms with Gasteiger partial charge in [0.25, 0.3) is 0 Å². The number of amides is 1. The summed E-state index contributed by atoms with van der Waals surface area (Å²) < 4.78 is 5.11. The Kier molecular flexibility index (Phi) is 7.61. The summed E-state index contributed by atoms with van der Waals surface area (Å²) >= 11 is 1.67. The summed E-state index contributed by atoms with van der Waals surface area (Å²) in [5.74, 6) is 1.66. The van der Waals surface area contributed by atoms with Crippen molar-refractivity contribution in [3.05, 3.63) is 24.3 Å². The van der Waals surface area contributed by atoms with Gasteiger partial charge in [0.2, 0.25) is 5.91 Å². The lowest BCUT2D eigenvalue weighted by atomic mass is 9.94. The zero-order valence-corrected chi connectivity index (χ0v) is 14.0. The number of nitrogens with one attached hydrogen (secondary N) is 1. The van der Waals surface area contributed by atoms with Gasteiger partial charge in [-0.2, -0.15) is 0 Å². The number of thioether (sulfide) groups is 1. The first-order valence-corrected chi connectivity index (χ1v) is 8.34. The Balaban J connectivity index is 2.26. The predicted molar refractivity (Wildman–Crippen MR) is 88.8 cm³/mol. The Labute approximate surface area is 131 Å². The molecule has 0 saturated heterocycles. The lowest BCUT2D eigenvalue weighted by Crippen LogP contribution is -2.49. The molecule has 0 bridgehead atoms. The summed E-state index contributed by atoms with van der Waals surface area (Å²) in [7, 11) is 1.65. The van der Waals surface area contributed by atoms with Gasteiger partial charge in [-0.05, 0) is 37.1 Å². The molecule has 1 rings (SSSR count). The fourth-order valence-corrected chi connectivity index (χ4v) is 2.65. The largest absolute Gasteiger partial charge is 0.497 e. The minimum absolute atomic E-state index is 0.0627. The molecule has 1 aromatic carbocycles. The van der Waals surface area contributed by atoms with Gasteiger partial charge in [0, 0.05) is 29.2 Å². The van der Waals surface area contributed by atoms with Crippen LogP contribution in [0.5, 0.6) is 5.75 Å². The smallest absolute Gasteiger partial charge is 0.220 e. The fraction of sp³-hybridized carbons (Fsp3) is 0.562. The van der Waals surface area contributed by atoms with Crippen molar-refractivity contribution in [2.45, 2.75) is 43.5 Å². The Morgan fingerprint density at radius 1 is 1.29 bits per heavy atom. The molecule has 4 nitrogen and oxygen atoms in total. The molecule has 0 aliphatic heterocycles. The number of methoxy groups -OCH3 is 1. The third kappa shape index (κ3) is 6.40. The summed E-state index contributed by atoms with van der Waals surface area (Å²) in [5, 5.41) is 2.93. The third-order valence-electron chi connectivity index (χ3n) is 3.70. The minimum atomic E-state index is -0.279. The molecule has 0 aliphatic carbocycles. The average molecular weight is 310 g/mol. The first-order valence-electron chi connectivity index (χ1n) is 7.35. The van der Waals surface area contributed by atoms with E-state index in [4.69, 9.17) is 10.5 Å². The van der Waals surface area contributed by atoms with Crippen molar-refractivity contribution in [2.24, 2.45) is 5.73 Å². The molecule has 1 aromatic rings. The maximum atomic E-state index is 11.8. The first-order chi connectivity index (χ1) is 10.0. The molecule has 1 amide bonds. The Bertz CT molecular complexity index is 430. The van der Waals surface area contributed by atoms with E-state index in [0.717, 1.165) is 29.2 Å². The normalized spacial score (nSPS) is 11.2. The fourth-order valence-electron chi connectivity index (χ4n) is 1.80. The summed E-state index contributed by atoms with van der Waals surface area (Å²) in [5.41, 5.74) is 5.88. The molecule has 21 heavy (non-hydrogen) atoms. The van der Waals surface area contributed by atoms with Gasteiger partial charge in [0.05, 0.1) is 7.11 Å². The molecule has 5 heteroatoms. The molecule has 0 aliphatic rings. The zero-order chi connectivity index (χ0) is 15.7. The van der Waals surface area contributed by atoms with Gasteiger partial charge in [-0.25, -0.2) is 0 Å². The van der Waals surface area contributed by atoms with Crippen LogP contribution in [0.3, 0.4) is 0 Å². The quantitative estimate of drug-likeness (QED) is 0.688. The number of benzene rings is 1. The summed E-state index contributed by atoms with van der Waals surface area (Å²) in [6, 6.07) is 7.85. The average Bonchev–Trinajstić information content (AvgIpc) is 2.53. The van der Waals surface area contributed by atoms with Crippen LogP contribution >= 0.6 is 11.8 Å². The van der Waals surface area contributed by atoms with Crippen LogP contribution in [-0.4, -0.2) is 30.9 Å². The van der Waals surface area contributed by atoms with E-state index in [9.17, 15) is 4.79 Å². The highest BCUT2D eigenvalue weighted by Gasteiger charge is 2.20. The number of nitrogens with two attached hydrogens (primary N) is 1. The van der Waals surface area contributed by atoms with Crippen LogP contribution in [0.25, 0.3) is 0 Å². The van der Waals surface area contributed by atoms with Crippen LogP contribution in [0.15, 0.2) is 29.2 Å². The molecular formula is C16H26N2O2S. The van der Waals surface area contributed by atoms with Crippen LogP contribution in [-0.2, 0) is 4.79 Å². The van der Waals surface area contributed by atoms with Crippen molar-refractivity contribution in [3.63, 3.8) is 0 Å². The first kappa shape index (κ1) is 17.9. The lowest BCUT2D eigenvalue weighted by Gasteiger charge is -2.26. The number of hydrogen-bond acceptors (Lipinski definition) is 4. The number of ether oxygens (including phenoxy) is 1. The highest BCUT2D eigenvalue weighted by Crippen LogP contribution is 2.21. The van der Waals surface area contributed by atoms with Crippen LogP contribution in [0.1, 0.15) is 33.1 Å². The van der Waals surface area contributed by atoms with E-state index in [0.29, 0.717) is 13.0 Å².